The maximum atomic E-state index is 5.19. The molecule has 0 amide bonds. The molecule has 24 heavy (non-hydrogen) atoms. The molecular weight excluding hydrogens is 300 g/mol. The molecule has 1 atom stereocenters. The predicted octanol–water partition coefficient (Wildman–Crippen LogP) is 3.65. The van der Waals surface area contributed by atoms with E-state index in [9.17, 15) is 0 Å². The van der Waals surface area contributed by atoms with Gasteiger partial charge in [-0.15, -0.1) is 5.10 Å². The Bertz CT molecular complexity index is 848. The third-order valence-corrected chi connectivity index (χ3v) is 4.38. The molecule has 1 unspecified atom stereocenters. The first-order valence-electron chi connectivity index (χ1n) is 8.02. The minimum absolute atomic E-state index is 0.245. The molecule has 1 N–H and O–H groups in total. The lowest BCUT2D eigenvalue weighted by Crippen LogP contribution is -2.10. The summed E-state index contributed by atoms with van der Waals surface area (Å²) in [4.78, 5) is 4.61. The molecule has 1 aliphatic carbocycles. The number of fused-ring (bicyclic) bond motifs is 1. The fourth-order valence-electron chi connectivity index (χ4n) is 3.13. The SMILES string of the molecule is COc1ccc(-c2cnnc(NC3CCc4ccccc43)n2)cc1. The lowest BCUT2D eigenvalue weighted by Gasteiger charge is -2.14. The van der Waals surface area contributed by atoms with Crippen LogP contribution in [0.3, 0.4) is 0 Å². The maximum Gasteiger partial charge on any atom is 0.243 e. The maximum absolute atomic E-state index is 5.19. The molecule has 2 aromatic carbocycles. The summed E-state index contributed by atoms with van der Waals surface area (Å²) in [7, 11) is 1.66. The van der Waals surface area contributed by atoms with Gasteiger partial charge in [0.15, 0.2) is 0 Å². The summed E-state index contributed by atoms with van der Waals surface area (Å²) >= 11 is 0. The van der Waals surface area contributed by atoms with Gasteiger partial charge in [-0.3, -0.25) is 0 Å². The number of benzene rings is 2. The summed E-state index contributed by atoms with van der Waals surface area (Å²) in [6, 6.07) is 16.5. The van der Waals surface area contributed by atoms with Crippen molar-refractivity contribution in [2.75, 3.05) is 12.4 Å². The molecular formula is C19H18N4O. The van der Waals surface area contributed by atoms with Crippen molar-refractivity contribution in [3.63, 3.8) is 0 Å². The highest BCUT2D eigenvalue weighted by atomic mass is 16.5. The largest absolute Gasteiger partial charge is 0.497 e. The Morgan fingerprint density at radius 3 is 2.75 bits per heavy atom. The molecule has 0 saturated heterocycles. The van der Waals surface area contributed by atoms with E-state index in [1.807, 2.05) is 24.3 Å². The van der Waals surface area contributed by atoms with Gasteiger partial charge >= 0.3 is 0 Å². The number of ether oxygens (including phenoxy) is 1. The first-order chi connectivity index (χ1) is 11.8. The molecule has 5 heteroatoms. The third-order valence-electron chi connectivity index (χ3n) is 4.38. The molecule has 1 heterocycles. The second kappa shape index (κ2) is 6.28. The van der Waals surface area contributed by atoms with Crippen molar-refractivity contribution in [1.29, 1.82) is 0 Å². The van der Waals surface area contributed by atoms with E-state index in [1.54, 1.807) is 13.3 Å². The van der Waals surface area contributed by atoms with E-state index in [1.165, 1.54) is 11.1 Å². The predicted molar refractivity (Wildman–Crippen MR) is 92.9 cm³/mol. The average molecular weight is 318 g/mol. The molecule has 0 fully saturated rings. The van der Waals surface area contributed by atoms with E-state index in [2.05, 4.69) is 44.8 Å². The van der Waals surface area contributed by atoms with Crippen LogP contribution in [0.25, 0.3) is 11.3 Å². The minimum atomic E-state index is 0.245. The summed E-state index contributed by atoms with van der Waals surface area (Å²) in [6.07, 6.45) is 3.81. The number of methoxy groups -OCH3 is 1. The van der Waals surface area contributed by atoms with Crippen molar-refractivity contribution in [3.8, 4) is 17.0 Å². The average Bonchev–Trinajstić information content (AvgIpc) is 3.05. The number of aryl methyl sites for hydroxylation is 1. The van der Waals surface area contributed by atoms with Crippen LogP contribution in [0, 0.1) is 0 Å². The number of aromatic nitrogens is 3. The van der Waals surface area contributed by atoms with Crippen LogP contribution in [0.4, 0.5) is 5.95 Å². The van der Waals surface area contributed by atoms with Crippen LogP contribution in [0.2, 0.25) is 0 Å². The number of anilines is 1. The Balaban J connectivity index is 1.57. The van der Waals surface area contributed by atoms with Crippen LogP contribution in [0.1, 0.15) is 23.6 Å². The van der Waals surface area contributed by atoms with Gasteiger partial charge < -0.3 is 10.1 Å². The van der Waals surface area contributed by atoms with E-state index in [0.29, 0.717) is 5.95 Å². The van der Waals surface area contributed by atoms with Gasteiger partial charge in [-0.1, -0.05) is 24.3 Å². The Morgan fingerprint density at radius 2 is 1.92 bits per heavy atom. The van der Waals surface area contributed by atoms with Crippen LogP contribution >= 0.6 is 0 Å². The zero-order valence-electron chi connectivity index (χ0n) is 13.4. The van der Waals surface area contributed by atoms with E-state index >= 15 is 0 Å². The normalized spacial score (nSPS) is 15.8. The Hall–Kier alpha value is -2.95. The van der Waals surface area contributed by atoms with Gasteiger partial charge in [0.05, 0.1) is 25.0 Å². The summed E-state index contributed by atoms with van der Waals surface area (Å²) in [5, 5.41) is 11.7. The lowest BCUT2D eigenvalue weighted by molar-refractivity contribution is 0.415. The van der Waals surface area contributed by atoms with Crippen molar-refractivity contribution in [3.05, 3.63) is 65.9 Å². The van der Waals surface area contributed by atoms with Crippen LogP contribution < -0.4 is 10.1 Å². The standard InChI is InChI=1S/C19H18N4O/c1-24-15-9-6-14(7-10-15)18-12-20-23-19(22-18)21-17-11-8-13-4-2-3-5-16(13)17/h2-7,9-10,12,17H,8,11H2,1H3,(H,21,22,23). The van der Waals surface area contributed by atoms with Gasteiger partial charge in [-0.2, -0.15) is 5.10 Å². The van der Waals surface area contributed by atoms with Gasteiger partial charge in [0.1, 0.15) is 5.75 Å². The van der Waals surface area contributed by atoms with Crippen molar-refractivity contribution in [1.82, 2.24) is 15.2 Å². The zero-order valence-corrected chi connectivity index (χ0v) is 13.4. The summed E-state index contributed by atoms with van der Waals surface area (Å²) < 4.78 is 5.19. The topological polar surface area (TPSA) is 59.9 Å². The molecule has 0 bridgehead atoms. The van der Waals surface area contributed by atoms with Crippen LogP contribution in [0.15, 0.2) is 54.7 Å². The minimum Gasteiger partial charge on any atom is -0.497 e. The van der Waals surface area contributed by atoms with Gasteiger partial charge in [-0.05, 0) is 48.2 Å². The Kier molecular flexibility index (Phi) is 3.83. The van der Waals surface area contributed by atoms with Crippen molar-refractivity contribution < 1.29 is 4.74 Å². The molecule has 1 aromatic heterocycles. The monoisotopic (exact) mass is 318 g/mol. The van der Waals surface area contributed by atoms with Gasteiger partial charge in [0.2, 0.25) is 5.95 Å². The third kappa shape index (κ3) is 2.80. The Labute approximate surface area is 140 Å². The number of hydrogen-bond donors (Lipinski definition) is 1. The summed E-state index contributed by atoms with van der Waals surface area (Å²) in [5.74, 6) is 1.38. The quantitative estimate of drug-likeness (QED) is 0.795. The molecule has 4 rings (SSSR count). The van der Waals surface area contributed by atoms with E-state index in [0.717, 1.165) is 29.8 Å². The highest BCUT2D eigenvalue weighted by Crippen LogP contribution is 2.33. The highest BCUT2D eigenvalue weighted by molar-refractivity contribution is 5.60. The van der Waals surface area contributed by atoms with Crippen LogP contribution in [0.5, 0.6) is 5.75 Å². The number of hydrogen-bond acceptors (Lipinski definition) is 5. The van der Waals surface area contributed by atoms with Crippen molar-refractivity contribution >= 4 is 5.95 Å². The molecule has 0 saturated carbocycles. The lowest BCUT2D eigenvalue weighted by atomic mass is 10.1. The molecule has 5 nitrogen and oxygen atoms in total. The second-order valence-corrected chi connectivity index (χ2v) is 5.83. The number of nitrogens with zero attached hydrogens (tertiary/aromatic N) is 3. The van der Waals surface area contributed by atoms with Gasteiger partial charge in [-0.25, -0.2) is 4.98 Å². The van der Waals surface area contributed by atoms with E-state index in [-0.39, 0.29) is 6.04 Å². The van der Waals surface area contributed by atoms with Crippen molar-refractivity contribution in [2.24, 2.45) is 0 Å². The molecule has 0 aliphatic heterocycles. The zero-order chi connectivity index (χ0) is 16.4. The summed E-state index contributed by atoms with van der Waals surface area (Å²) in [5.41, 5.74) is 4.51. The molecule has 1 aliphatic rings. The van der Waals surface area contributed by atoms with Crippen LogP contribution in [-0.2, 0) is 6.42 Å². The second-order valence-electron chi connectivity index (χ2n) is 5.83. The summed E-state index contributed by atoms with van der Waals surface area (Å²) in [6.45, 7) is 0. The molecule has 120 valence electrons. The first-order valence-corrected chi connectivity index (χ1v) is 8.02. The fraction of sp³-hybridized carbons (Fsp3) is 0.211. The Morgan fingerprint density at radius 1 is 1.08 bits per heavy atom. The van der Waals surface area contributed by atoms with E-state index in [4.69, 9.17) is 4.74 Å². The molecule has 0 radical (unpaired) electrons. The first kappa shape index (κ1) is 14.6. The number of nitrogens with one attached hydrogen (secondary N) is 1. The molecule has 3 aromatic rings. The van der Waals surface area contributed by atoms with Gasteiger partial charge in [0.25, 0.3) is 0 Å². The van der Waals surface area contributed by atoms with Gasteiger partial charge in [0, 0.05) is 5.56 Å². The van der Waals surface area contributed by atoms with Crippen molar-refractivity contribution in [2.45, 2.75) is 18.9 Å². The van der Waals surface area contributed by atoms with E-state index < -0.39 is 0 Å². The molecule has 0 spiro atoms. The van der Waals surface area contributed by atoms with Crippen LogP contribution in [-0.4, -0.2) is 22.3 Å². The fourth-order valence-corrected chi connectivity index (χ4v) is 3.13. The smallest absolute Gasteiger partial charge is 0.243 e. The highest BCUT2D eigenvalue weighted by Gasteiger charge is 2.22. The number of rotatable bonds is 4.